The van der Waals surface area contributed by atoms with Gasteiger partial charge in [0.15, 0.2) is 5.60 Å². The molecule has 0 aromatic carbocycles. The molecule has 0 spiro atoms. The molecule has 0 aromatic heterocycles. The first-order valence-corrected chi connectivity index (χ1v) is 3.95. The van der Waals surface area contributed by atoms with Crippen molar-refractivity contribution in [2.75, 3.05) is 0 Å². The average molecular weight is 252 g/mol. The minimum atomic E-state index is -2.74. The highest BCUT2D eigenvalue weighted by molar-refractivity contribution is 5.88. The molecule has 17 heavy (non-hydrogen) atoms. The summed E-state index contributed by atoms with van der Waals surface area (Å²) in [6.07, 6.45) is -2.29. The van der Waals surface area contributed by atoms with Gasteiger partial charge in [-0.15, -0.1) is 0 Å². The molecule has 0 saturated heterocycles. The quantitative estimate of drug-likeness (QED) is 0.315. The number of nitrogens with two attached hydrogens (primary N) is 2. The fourth-order valence-corrected chi connectivity index (χ4v) is 0.714. The zero-order valence-electron chi connectivity index (χ0n) is 8.49. The van der Waals surface area contributed by atoms with Gasteiger partial charge >= 0.3 is 23.9 Å². The van der Waals surface area contributed by atoms with Gasteiger partial charge < -0.3 is 31.9 Å². The Kier molecular flexibility index (Phi) is 7.02. The molecule has 0 unspecified atom stereocenters. The molecule has 10 nitrogen and oxygen atoms in total. The van der Waals surface area contributed by atoms with Crippen molar-refractivity contribution in [2.45, 2.75) is 18.4 Å². The van der Waals surface area contributed by atoms with Gasteiger partial charge in [-0.3, -0.25) is 9.59 Å². The van der Waals surface area contributed by atoms with Crippen molar-refractivity contribution >= 4 is 23.9 Å². The van der Waals surface area contributed by atoms with Gasteiger partial charge in [0.05, 0.1) is 12.8 Å². The van der Waals surface area contributed by atoms with Crippen LogP contribution in [0.15, 0.2) is 0 Å². The van der Waals surface area contributed by atoms with E-state index in [1.165, 1.54) is 0 Å². The van der Waals surface area contributed by atoms with E-state index < -0.39 is 42.4 Å². The Morgan fingerprint density at radius 1 is 0.882 bits per heavy atom. The van der Waals surface area contributed by atoms with E-state index in [2.05, 4.69) is 11.5 Å². The van der Waals surface area contributed by atoms with Crippen LogP contribution < -0.4 is 11.5 Å². The largest absolute Gasteiger partial charge is 0.481 e. The molecule has 10 heteroatoms. The summed E-state index contributed by atoms with van der Waals surface area (Å²) in [7, 11) is 0. The number of urea groups is 1. The molecule has 0 saturated carbocycles. The molecular weight excluding hydrogens is 240 g/mol. The zero-order chi connectivity index (χ0) is 14.2. The lowest BCUT2D eigenvalue weighted by Gasteiger charge is -2.18. The summed E-state index contributed by atoms with van der Waals surface area (Å²) in [5, 5.41) is 33.8. The van der Waals surface area contributed by atoms with E-state index in [9.17, 15) is 14.4 Å². The first kappa shape index (κ1) is 17.0. The number of carboxylic acid groups (broad SMARTS) is 3. The minimum absolute atomic E-state index is 0.833. The number of rotatable bonds is 5. The van der Waals surface area contributed by atoms with Crippen molar-refractivity contribution < 1.29 is 39.6 Å². The van der Waals surface area contributed by atoms with Crippen molar-refractivity contribution in [3.05, 3.63) is 0 Å². The molecule has 0 aliphatic rings. The zero-order valence-corrected chi connectivity index (χ0v) is 8.49. The fourth-order valence-electron chi connectivity index (χ4n) is 0.714. The van der Waals surface area contributed by atoms with E-state index in [4.69, 9.17) is 25.2 Å². The predicted octanol–water partition coefficient (Wildman–Crippen LogP) is -2.22. The van der Waals surface area contributed by atoms with Crippen LogP contribution in [0.3, 0.4) is 0 Å². The van der Waals surface area contributed by atoms with E-state index in [1.807, 2.05) is 0 Å². The third kappa shape index (κ3) is 9.93. The van der Waals surface area contributed by atoms with E-state index in [-0.39, 0.29) is 0 Å². The third-order valence-corrected chi connectivity index (χ3v) is 1.29. The lowest BCUT2D eigenvalue weighted by atomic mass is 9.96. The van der Waals surface area contributed by atoms with Crippen molar-refractivity contribution in [1.29, 1.82) is 0 Å². The second kappa shape index (κ2) is 7.00. The SMILES string of the molecule is NC(N)=O.O=C(O)CC(O)(CC(=O)O)C(=O)O. The van der Waals surface area contributed by atoms with Gasteiger partial charge in [-0.2, -0.15) is 0 Å². The number of carbonyl (C=O) groups excluding carboxylic acids is 1. The molecule has 0 aliphatic carbocycles. The van der Waals surface area contributed by atoms with Crippen LogP contribution in [-0.2, 0) is 14.4 Å². The molecule has 0 radical (unpaired) electrons. The smallest absolute Gasteiger partial charge is 0.336 e. The monoisotopic (exact) mass is 252 g/mol. The van der Waals surface area contributed by atoms with Gasteiger partial charge in [0, 0.05) is 0 Å². The standard InChI is InChI=1S/C6H8O7.CH4N2O/c7-3(8)1-6(13,5(11)12)2-4(9)10;2-1(3)4/h13H,1-2H2,(H,7,8)(H,9,10)(H,11,12);(H4,2,3,4). The Bertz CT molecular complexity index is 306. The maximum Gasteiger partial charge on any atom is 0.336 e. The van der Waals surface area contributed by atoms with Crippen molar-refractivity contribution in [2.24, 2.45) is 11.5 Å². The van der Waals surface area contributed by atoms with Crippen LogP contribution in [0.25, 0.3) is 0 Å². The van der Waals surface area contributed by atoms with Crippen LogP contribution in [-0.4, -0.2) is 50.0 Å². The lowest BCUT2D eigenvalue weighted by molar-refractivity contribution is -0.170. The van der Waals surface area contributed by atoms with Crippen LogP contribution in [0.5, 0.6) is 0 Å². The van der Waals surface area contributed by atoms with E-state index >= 15 is 0 Å². The Labute approximate surface area is 94.4 Å². The van der Waals surface area contributed by atoms with Gasteiger partial charge in [-0.05, 0) is 0 Å². The molecule has 0 heterocycles. The van der Waals surface area contributed by atoms with Crippen LogP contribution in [0.4, 0.5) is 4.79 Å². The lowest BCUT2D eigenvalue weighted by Crippen LogP contribution is -2.42. The second-order valence-corrected chi connectivity index (χ2v) is 2.88. The van der Waals surface area contributed by atoms with E-state index in [1.54, 1.807) is 0 Å². The fraction of sp³-hybridized carbons (Fsp3) is 0.429. The molecule has 0 rings (SSSR count). The van der Waals surface area contributed by atoms with Gasteiger partial charge in [0.2, 0.25) is 0 Å². The first-order valence-electron chi connectivity index (χ1n) is 3.95. The summed E-state index contributed by atoms with van der Waals surface area (Å²) in [4.78, 5) is 39.5. The summed E-state index contributed by atoms with van der Waals surface area (Å²) in [6, 6.07) is -0.833. The molecule has 0 fully saturated rings. The van der Waals surface area contributed by atoms with Gasteiger partial charge in [0.1, 0.15) is 0 Å². The Hall–Kier alpha value is -2.36. The van der Waals surface area contributed by atoms with Gasteiger partial charge in [-0.25, -0.2) is 9.59 Å². The molecular formula is C7H12N2O8. The van der Waals surface area contributed by atoms with E-state index in [0.29, 0.717) is 0 Å². The van der Waals surface area contributed by atoms with Crippen LogP contribution in [0.1, 0.15) is 12.8 Å². The summed E-state index contributed by atoms with van der Waals surface area (Å²) in [5.74, 6) is -5.02. The molecule has 0 atom stereocenters. The average Bonchev–Trinajstić information content (AvgIpc) is 1.98. The van der Waals surface area contributed by atoms with E-state index in [0.717, 1.165) is 0 Å². The number of primary amides is 2. The topological polar surface area (TPSA) is 201 Å². The number of carbonyl (C=O) groups is 4. The summed E-state index contributed by atoms with van der Waals surface area (Å²) in [5.41, 5.74) is 5.76. The van der Waals surface area contributed by atoms with Gasteiger partial charge in [-0.1, -0.05) is 0 Å². The second-order valence-electron chi connectivity index (χ2n) is 2.88. The number of aliphatic hydroxyl groups is 1. The van der Waals surface area contributed by atoms with Crippen LogP contribution >= 0.6 is 0 Å². The van der Waals surface area contributed by atoms with Crippen LogP contribution in [0, 0.1) is 0 Å². The molecule has 2 amide bonds. The highest BCUT2D eigenvalue weighted by Crippen LogP contribution is 2.15. The molecule has 0 bridgehead atoms. The first-order chi connectivity index (χ1) is 7.51. The number of amides is 2. The molecule has 8 N–H and O–H groups in total. The summed E-state index contributed by atoms with van der Waals surface area (Å²) in [6.45, 7) is 0. The van der Waals surface area contributed by atoms with Crippen molar-refractivity contribution in [1.82, 2.24) is 0 Å². The number of hydrogen-bond donors (Lipinski definition) is 6. The highest BCUT2D eigenvalue weighted by Gasteiger charge is 2.40. The normalized spacial score (nSPS) is 9.71. The molecule has 0 aromatic rings. The Morgan fingerprint density at radius 3 is 1.24 bits per heavy atom. The summed E-state index contributed by atoms with van der Waals surface area (Å²) < 4.78 is 0. The van der Waals surface area contributed by atoms with Crippen molar-refractivity contribution in [3.63, 3.8) is 0 Å². The number of hydrogen-bond acceptors (Lipinski definition) is 5. The van der Waals surface area contributed by atoms with Gasteiger partial charge in [0.25, 0.3) is 0 Å². The maximum absolute atomic E-state index is 10.3. The third-order valence-electron chi connectivity index (χ3n) is 1.29. The number of carboxylic acids is 3. The molecule has 0 aliphatic heterocycles. The maximum atomic E-state index is 10.3. The predicted molar refractivity (Wildman–Crippen MR) is 50.9 cm³/mol. The Morgan fingerprint density at radius 2 is 1.12 bits per heavy atom. The van der Waals surface area contributed by atoms with Crippen molar-refractivity contribution in [3.8, 4) is 0 Å². The minimum Gasteiger partial charge on any atom is -0.481 e. The molecule has 98 valence electrons. The Balaban J connectivity index is 0. The summed E-state index contributed by atoms with van der Waals surface area (Å²) >= 11 is 0. The highest BCUT2D eigenvalue weighted by atomic mass is 16.4. The number of aliphatic carboxylic acids is 3. The van der Waals surface area contributed by atoms with Crippen LogP contribution in [0.2, 0.25) is 0 Å².